The van der Waals surface area contributed by atoms with Crippen molar-refractivity contribution >= 4 is 11.6 Å². The van der Waals surface area contributed by atoms with Crippen LogP contribution in [0.25, 0.3) is 0 Å². The quantitative estimate of drug-likeness (QED) is 0.724. The van der Waals surface area contributed by atoms with Crippen LogP contribution in [-0.4, -0.2) is 23.4 Å². The second-order valence-corrected chi connectivity index (χ2v) is 7.52. The first-order chi connectivity index (χ1) is 8.86. The highest BCUT2D eigenvalue weighted by Gasteiger charge is 2.24. The van der Waals surface area contributed by atoms with Crippen molar-refractivity contribution in [3.63, 3.8) is 0 Å². The maximum absolute atomic E-state index is 6.37. The van der Waals surface area contributed by atoms with Gasteiger partial charge < -0.3 is 0 Å². The van der Waals surface area contributed by atoms with Gasteiger partial charge in [-0.25, -0.2) is 0 Å². The van der Waals surface area contributed by atoms with Crippen LogP contribution in [0.1, 0.15) is 45.2 Å². The fourth-order valence-electron chi connectivity index (χ4n) is 2.60. The SMILES string of the molecule is CC1CCN(Cc2ccc(C(C)(C)C)cc2)CC1Cl. The molecule has 0 bridgehead atoms. The molecule has 0 amide bonds. The fourth-order valence-corrected chi connectivity index (χ4v) is 2.92. The molecule has 0 radical (unpaired) electrons. The van der Waals surface area contributed by atoms with Crippen LogP contribution in [0.4, 0.5) is 0 Å². The number of rotatable bonds is 2. The third-order valence-corrected chi connectivity index (χ3v) is 4.75. The Morgan fingerprint density at radius 1 is 1.21 bits per heavy atom. The molecule has 1 aromatic carbocycles. The summed E-state index contributed by atoms with van der Waals surface area (Å²) in [6.07, 6.45) is 1.22. The molecule has 1 heterocycles. The van der Waals surface area contributed by atoms with E-state index in [9.17, 15) is 0 Å². The summed E-state index contributed by atoms with van der Waals surface area (Å²) in [7, 11) is 0. The molecule has 1 saturated heterocycles. The van der Waals surface area contributed by atoms with Gasteiger partial charge in [0.1, 0.15) is 0 Å². The van der Waals surface area contributed by atoms with Crippen molar-refractivity contribution in [1.29, 1.82) is 0 Å². The zero-order chi connectivity index (χ0) is 14.0. The Morgan fingerprint density at radius 2 is 1.84 bits per heavy atom. The Bertz CT molecular complexity index is 404. The van der Waals surface area contributed by atoms with Crippen molar-refractivity contribution in [2.45, 2.75) is 51.5 Å². The Balaban J connectivity index is 1.97. The first-order valence-corrected chi connectivity index (χ1v) is 7.76. The molecule has 2 unspecified atom stereocenters. The minimum atomic E-state index is 0.236. The third kappa shape index (κ3) is 3.97. The van der Waals surface area contributed by atoms with Gasteiger partial charge >= 0.3 is 0 Å². The molecule has 106 valence electrons. The van der Waals surface area contributed by atoms with Crippen LogP contribution < -0.4 is 0 Å². The van der Waals surface area contributed by atoms with Gasteiger partial charge in [0.05, 0.1) is 0 Å². The lowest BCUT2D eigenvalue weighted by Crippen LogP contribution is -2.39. The van der Waals surface area contributed by atoms with E-state index in [2.05, 4.69) is 56.9 Å². The number of halogens is 1. The molecule has 1 aromatic rings. The number of hydrogen-bond acceptors (Lipinski definition) is 1. The van der Waals surface area contributed by atoms with E-state index in [1.165, 1.54) is 24.1 Å². The summed E-state index contributed by atoms with van der Waals surface area (Å²) >= 11 is 6.37. The zero-order valence-corrected chi connectivity index (χ0v) is 13.4. The van der Waals surface area contributed by atoms with E-state index in [0.29, 0.717) is 11.3 Å². The van der Waals surface area contributed by atoms with Gasteiger partial charge in [0.2, 0.25) is 0 Å². The molecule has 1 nitrogen and oxygen atoms in total. The number of benzene rings is 1. The van der Waals surface area contributed by atoms with Crippen molar-refractivity contribution in [2.24, 2.45) is 5.92 Å². The number of piperidine rings is 1. The zero-order valence-electron chi connectivity index (χ0n) is 12.6. The minimum Gasteiger partial charge on any atom is -0.298 e. The van der Waals surface area contributed by atoms with Gasteiger partial charge in [-0.2, -0.15) is 0 Å². The lowest BCUT2D eigenvalue weighted by atomic mass is 9.86. The number of nitrogens with zero attached hydrogens (tertiary/aromatic N) is 1. The molecule has 2 atom stereocenters. The van der Waals surface area contributed by atoms with Gasteiger partial charge in [-0.3, -0.25) is 4.90 Å². The first kappa shape index (κ1) is 14.9. The Hall–Kier alpha value is -0.530. The molecule has 2 heteroatoms. The predicted molar refractivity (Wildman–Crippen MR) is 83.8 cm³/mol. The standard InChI is InChI=1S/C17H26ClN/c1-13-9-10-19(12-16(13)18)11-14-5-7-15(8-6-14)17(2,3)4/h5-8,13,16H,9-12H2,1-4H3. The highest BCUT2D eigenvalue weighted by atomic mass is 35.5. The van der Waals surface area contributed by atoms with Gasteiger partial charge in [0.15, 0.2) is 0 Å². The molecular weight excluding hydrogens is 254 g/mol. The van der Waals surface area contributed by atoms with Gasteiger partial charge in [-0.05, 0) is 35.4 Å². The van der Waals surface area contributed by atoms with Crippen molar-refractivity contribution in [3.8, 4) is 0 Å². The van der Waals surface area contributed by atoms with Crippen LogP contribution in [-0.2, 0) is 12.0 Å². The highest BCUT2D eigenvalue weighted by Crippen LogP contribution is 2.25. The predicted octanol–water partition coefficient (Wildman–Crippen LogP) is 4.43. The topological polar surface area (TPSA) is 3.24 Å². The number of alkyl halides is 1. The number of hydrogen-bond donors (Lipinski definition) is 0. The summed E-state index contributed by atoms with van der Waals surface area (Å²) in [6, 6.07) is 9.06. The van der Waals surface area contributed by atoms with Crippen molar-refractivity contribution < 1.29 is 0 Å². The van der Waals surface area contributed by atoms with Crippen LogP contribution in [0, 0.1) is 5.92 Å². The van der Waals surface area contributed by atoms with Crippen LogP contribution in [0.15, 0.2) is 24.3 Å². The van der Waals surface area contributed by atoms with Crippen LogP contribution >= 0.6 is 11.6 Å². The van der Waals surface area contributed by atoms with Crippen molar-refractivity contribution in [2.75, 3.05) is 13.1 Å². The second kappa shape index (κ2) is 5.85. The molecule has 0 saturated carbocycles. The molecule has 2 rings (SSSR count). The smallest absolute Gasteiger partial charge is 0.0489 e. The summed E-state index contributed by atoms with van der Waals surface area (Å²) in [6.45, 7) is 12.2. The summed E-state index contributed by atoms with van der Waals surface area (Å²) in [5.74, 6) is 0.654. The molecule has 1 aliphatic rings. The molecule has 19 heavy (non-hydrogen) atoms. The molecule has 1 fully saturated rings. The van der Waals surface area contributed by atoms with Crippen LogP contribution in [0.3, 0.4) is 0 Å². The first-order valence-electron chi connectivity index (χ1n) is 7.32. The molecule has 1 aliphatic heterocycles. The van der Waals surface area contributed by atoms with Gasteiger partial charge in [-0.1, -0.05) is 52.0 Å². The molecule has 0 spiro atoms. The average molecular weight is 280 g/mol. The van der Waals surface area contributed by atoms with Gasteiger partial charge in [-0.15, -0.1) is 11.6 Å². The molecule has 0 N–H and O–H groups in total. The van der Waals surface area contributed by atoms with E-state index < -0.39 is 0 Å². The van der Waals surface area contributed by atoms with E-state index in [1.807, 2.05) is 0 Å². The molecular formula is C17H26ClN. The lowest BCUT2D eigenvalue weighted by molar-refractivity contribution is 0.189. The maximum Gasteiger partial charge on any atom is 0.0489 e. The van der Waals surface area contributed by atoms with Gasteiger partial charge in [0, 0.05) is 18.5 Å². The van der Waals surface area contributed by atoms with Crippen molar-refractivity contribution in [3.05, 3.63) is 35.4 Å². The fraction of sp³-hybridized carbons (Fsp3) is 0.647. The van der Waals surface area contributed by atoms with E-state index in [1.54, 1.807) is 0 Å². The monoisotopic (exact) mass is 279 g/mol. The van der Waals surface area contributed by atoms with E-state index in [-0.39, 0.29) is 5.41 Å². The Labute approximate surface area is 123 Å². The van der Waals surface area contributed by atoms with Gasteiger partial charge in [0.25, 0.3) is 0 Å². The van der Waals surface area contributed by atoms with Crippen LogP contribution in [0.5, 0.6) is 0 Å². The molecule has 0 aliphatic carbocycles. The largest absolute Gasteiger partial charge is 0.298 e. The van der Waals surface area contributed by atoms with Crippen LogP contribution in [0.2, 0.25) is 0 Å². The maximum atomic E-state index is 6.37. The lowest BCUT2D eigenvalue weighted by Gasteiger charge is -2.34. The highest BCUT2D eigenvalue weighted by molar-refractivity contribution is 6.21. The minimum absolute atomic E-state index is 0.236. The van der Waals surface area contributed by atoms with Crippen molar-refractivity contribution in [1.82, 2.24) is 4.90 Å². The summed E-state index contributed by atoms with van der Waals surface area (Å²) in [4.78, 5) is 2.48. The normalized spacial score (nSPS) is 25.5. The second-order valence-electron chi connectivity index (χ2n) is 6.96. The van der Waals surface area contributed by atoms with E-state index in [4.69, 9.17) is 11.6 Å². The summed E-state index contributed by atoms with van der Waals surface area (Å²) in [5, 5.41) is 0.308. The molecule has 0 aromatic heterocycles. The van der Waals surface area contributed by atoms with E-state index in [0.717, 1.165) is 13.1 Å². The average Bonchev–Trinajstić information content (AvgIpc) is 2.33. The third-order valence-electron chi connectivity index (χ3n) is 4.18. The Morgan fingerprint density at radius 3 is 2.37 bits per heavy atom. The summed E-state index contributed by atoms with van der Waals surface area (Å²) in [5.41, 5.74) is 3.03. The Kier molecular flexibility index (Phi) is 4.58. The van der Waals surface area contributed by atoms with E-state index >= 15 is 0 Å². The summed E-state index contributed by atoms with van der Waals surface area (Å²) < 4.78 is 0. The number of likely N-dealkylation sites (tertiary alicyclic amines) is 1.